The summed E-state index contributed by atoms with van der Waals surface area (Å²) < 4.78 is 2.69. The maximum absolute atomic E-state index is 12.3. The summed E-state index contributed by atoms with van der Waals surface area (Å²) in [5.41, 5.74) is 7.20. The third-order valence-electron chi connectivity index (χ3n) is 3.13. The Kier molecular flexibility index (Phi) is 3.34. The van der Waals surface area contributed by atoms with E-state index in [1.165, 1.54) is 11.3 Å². The number of amides is 1. The molecule has 0 fully saturated rings. The zero-order valence-corrected chi connectivity index (χ0v) is 12.5. The lowest BCUT2D eigenvalue weighted by molar-refractivity contribution is 0.103. The molecule has 0 atom stereocenters. The molecule has 7 heteroatoms. The number of nitrogens with one attached hydrogen (secondary N) is 1. The number of carbonyl (C=O) groups excluding carboxylic acids is 1. The van der Waals surface area contributed by atoms with Crippen molar-refractivity contribution in [2.45, 2.75) is 19.9 Å². The number of nitrogens with two attached hydrogens (primary N) is 1. The monoisotopic (exact) mass is 301 g/mol. The van der Waals surface area contributed by atoms with Gasteiger partial charge in [0.25, 0.3) is 5.91 Å². The molecule has 0 saturated carbocycles. The van der Waals surface area contributed by atoms with Crippen LogP contribution < -0.4 is 11.1 Å². The number of nitrogen functional groups attached to an aromatic ring is 1. The van der Waals surface area contributed by atoms with Crippen LogP contribution in [0.3, 0.4) is 0 Å². The molecule has 108 valence electrons. The van der Waals surface area contributed by atoms with Gasteiger partial charge in [0.15, 0.2) is 0 Å². The Labute approximate surface area is 125 Å². The second kappa shape index (κ2) is 5.17. The molecule has 3 N–H and O–H groups in total. The van der Waals surface area contributed by atoms with E-state index in [1.54, 1.807) is 29.5 Å². The zero-order chi connectivity index (χ0) is 15.0. The first kappa shape index (κ1) is 13.6. The number of thiophene rings is 1. The lowest BCUT2D eigenvalue weighted by Gasteiger charge is -2.03. The smallest absolute Gasteiger partial charge is 0.267 e. The Balaban J connectivity index is 1.88. The van der Waals surface area contributed by atoms with E-state index in [4.69, 9.17) is 5.73 Å². The number of pyridine rings is 1. The fraction of sp³-hybridized carbons (Fsp3) is 0.214. The van der Waals surface area contributed by atoms with Crippen LogP contribution in [0.2, 0.25) is 0 Å². The molecule has 0 aliphatic rings. The van der Waals surface area contributed by atoms with Gasteiger partial charge in [0.2, 0.25) is 0 Å². The molecule has 3 aromatic rings. The molecule has 0 radical (unpaired) electrons. The summed E-state index contributed by atoms with van der Waals surface area (Å²) >= 11 is 1.34. The Bertz CT molecular complexity index is 805. The lowest BCUT2D eigenvalue weighted by atomic mass is 10.2. The molecule has 0 aliphatic carbocycles. The summed E-state index contributed by atoms with van der Waals surface area (Å²) in [6.45, 7) is 4.05. The lowest BCUT2D eigenvalue weighted by Crippen LogP contribution is -2.11. The van der Waals surface area contributed by atoms with Gasteiger partial charge in [-0.15, -0.1) is 11.3 Å². The van der Waals surface area contributed by atoms with Crippen LogP contribution in [0.4, 0.5) is 11.4 Å². The van der Waals surface area contributed by atoms with Crippen LogP contribution in [0.5, 0.6) is 0 Å². The number of rotatable bonds is 3. The minimum absolute atomic E-state index is 0.225. The third-order valence-corrected chi connectivity index (χ3v) is 4.28. The van der Waals surface area contributed by atoms with Crippen molar-refractivity contribution in [1.82, 2.24) is 14.8 Å². The van der Waals surface area contributed by atoms with Crippen LogP contribution in [0.15, 0.2) is 30.9 Å². The summed E-state index contributed by atoms with van der Waals surface area (Å²) in [6.07, 6.45) is 6.81. The fourth-order valence-electron chi connectivity index (χ4n) is 2.01. The second-order valence-corrected chi connectivity index (χ2v) is 6.03. The summed E-state index contributed by atoms with van der Waals surface area (Å²) in [5, 5.41) is 7.87. The first-order valence-corrected chi connectivity index (χ1v) is 7.35. The highest BCUT2D eigenvalue weighted by Crippen LogP contribution is 2.33. The number of hydrogen-bond acceptors (Lipinski definition) is 5. The average Bonchev–Trinajstić information content (AvgIpc) is 3.05. The summed E-state index contributed by atoms with van der Waals surface area (Å²) in [6, 6.07) is 2.06. The maximum Gasteiger partial charge on any atom is 0.267 e. The molecule has 0 saturated heterocycles. The predicted molar refractivity (Wildman–Crippen MR) is 84.6 cm³/mol. The van der Waals surface area contributed by atoms with E-state index < -0.39 is 0 Å². The number of hydrogen-bond donors (Lipinski definition) is 2. The number of fused-ring (bicyclic) bond motifs is 1. The summed E-state index contributed by atoms with van der Waals surface area (Å²) in [5.74, 6) is -0.225. The second-order valence-electron chi connectivity index (χ2n) is 4.97. The van der Waals surface area contributed by atoms with Crippen molar-refractivity contribution in [3.05, 3.63) is 35.7 Å². The molecule has 0 bridgehead atoms. The van der Waals surface area contributed by atoms with E-state index >= 15 is 0 Å². The van der Waals surface area contributed by atoms with Crippen molar-refractivity contribution in [2.75, 3.05) is 11.1 Å². The van der Waals surface area contributed by atoms with Crippen molar-refractivity contribution in [3.63, 3.8) is 0 Å². The third kappa shape index (κ3) is 2.47. The first-order valence-electron chi connectivity index (χ1n) is 6.53. The summed E-state index contributed by atoms with van der Waals surface area (Å²) in [4.78, 5) is 16.9. The Morgan fingerprint density at radius 3 is 2.90 bits per heavy atom. The van der Waals surface area contributed by atoms with Gasteiger partial charge < -0.3 is 11.1 Å². The number of nitrogens with zero attached hydrogens (tertiary/aromatic N) is 3. The minimum Gasteiger partial charge on any atom is -0.397 e. The minimum atomic E-state index is -0.225. The van der Waals surface area contributed by atoms with Gasteiger partial charge in [0.1, 0.15) is 4.88 Å². The van der Waals surface area contributed by atoms with E-state index in [1.807, 2.05) is 19.9 Å². The summed E-state index contributed by atoms with van der Waals surface area (Å²) in [7, 11) is 0. The van der Waals surface area contributed by atoms with Gasteiger partial charge in [-0.3, -0.25) is 14.5 Å². The molecule has 0 aliphatic heterocycles. The SMILES string of the molecule is CC(C)n1cc(NC(=O)c2sc3cnccc3c2N)cn1. The maximum atomic E-state index is 12.3. The highest BCUT2D eigenvalue weighted by molar-refractivity contribution is 7.21. The molecule has 3 rings (SSSR count). The van der Waals surface area contributed by atoms with Crippen LogP contribution in [-0.2, 0) is 0 Å². The molecular weight excluding hydrogens is 286 g/mol. The van der Waals surface area contributed by atoms with Gasteiger partial charge >= 0.3 is 0 Å². The highest BCUT2D eigenvalue weighted by Gasteiger charge is 2.17. The van der Waals surface area contributed by atoms with Gasteiger partial charge in [-0.25, -0.2) is 0 Å². The van der Waals surface area contributed by atoms with Gasteiger partial charge in [-0.2, -0.15) is 5.10 Å². The molecule has 3 heterocycles. The van der Waals surface area contributed by atoms with E-state index in [2.05, 4.69) is 15.4 Å². The molecular formula is C14H15N5OS. The first-order chi connectivity index (χ1) is 10.1. The topological polar surface area (TPSA) is 85.8 Å². The predicted octanol–water partition coefficient (Wildman–Crippen LogP) is 2.91. The normalized spacial score (nSPS) is 11.2. The van der Waals surface area contributed by atoms with Crippen LogP contribution in [0, 0.1) is 0 Å². The van der Waals surface area contributed by atoms with Crippen molar-refractivity contribution in [3.8, 4) is 0 Å². The number of anilines is 2. The average molecular weight is 301 g/mol. The van der Waals surface area contributed by atoms with Gasteiger partial charge in [-0.1, -0.05) is 0 Å². The Morgan fingerprint density at radius 2 is 2.24 bits per heavy atom. The fourth-order valence-corrected chi connectivity index (χ4v) is 3.00. The van der Waals surface area contributed by atoms with E-state index in [0.29, 0.717) is 16.3 Å². The molecule has 6 nitrogen and oxygen atoms in total. The van der Waals surface area contributed by atoms with Crippen LogP contribution >= 0.6 is 11.3 Å². The Hall–Kier alpha value is -2.41. The van der Waals surface area contributed by atoms with Crippen LogP contribution in [0.25, 0.3) is 10.1 Å². The Morgan fingerprint density at radius 1 is 1.43 bits per heavy atom. The highest BCUT2D eigenvalue weighted by atomic mass is 32.1. The number of carbonyl (C=O) groups is 1. The van der Waals surface area contributed by atoms with E-state index in [0.717, 1.165) is 10.1 Å². The molecule has 0 spiro atoms. The molecule has 0 aromatic carbocycles. The van der Waals surface area contributed by atoms with Crippen molar-refractivity contribution in [2.24, 2.45) is 0 Å². The van der Waals surface area contributed by atoms with E-state index in [9.17, 15) is 4.79 Å². The number of aromatic nitrogens is 3. The van der Waals surface area contributed by atoms with Crippen molar-refractivity contribution >= 4 is 38.7 Å². The largest absolute Gasteiger partial charge is 0.397 e. The van der Waals surface area contributed by atoms with Crippen LogP contribution in [-0.4, -0.2) is 20.7 Å². The molecule has 0 unspecified atom stereocenters. The van der Waals surface area contributed by atoms with Crippen LogP contribution in [0.1, 0.15) is 29.6 Å². The quantitative estimate of drug-likeness (QED) is 0.779. The van der Waals surface area contributed by atoms with Crippen molar-refractivity contribution in [1.29, 1.82) is 0 Å². The van der Waals surface area contributed by atoms with Gasteiger partial charge in [-0.05, 0) is 19.9 Å². The standard InChI is InChI=1S/C14H15N5OS/c1-8(2)19-7-9(5-17-19)18-14(20)13-12(15)10-3-4-16-6-11(10)21-13/h3-8H,15H2,1-2H3,(H,18,20). The molecule has 21 heavy (non-hydrogen) atoms. The zero-order valence-electron chi connectivity index (χ0n) is 11.7. The van der Waals surface area contributed by atoms with Gasteiger partial charge in [0.05, 0.1) is 22.3 Å². The van der Waals surface area contributed by atoms with E-state index in [-0.39, 0.29) is 11.9 Å². The van der Waals surface area contributed by atoms with Gasteiger partial charge in [0, 0.05) is 30.0 Å². The molecule has 1 amide bonds. The van der Waals surface area contributed by atoms with Crippen molar-refractivity contribution < 1.29 is 4.79 Å². The molecule has 3 aromatic heterocycles.